The second-order valence-corrected chi connectivity index (χ2v) is 4.52. The number of nitrogens with two attached hydrogens (primary N) is 1. The molecule has 0 aromatic heterocycles. The van der Waals surface area contributed by atoms with Crippen molar-refractivity contribution in [2.45, 2.75) is 53.5 Å². The minimum absolute atomic E-state index is 0.341. The topological polar surface area (TPSA) is 26.0 Å². The highest BCUT2D eigenvalue weighted by atomic mass is 14.6. The molecular weight excluding hydrogens is 146 g/mol. The lowest BCUT2D eigenvalue weighted by Gasteiger charge is -2.27. The van der Waals surface area contributed by atoms with Gasteiger partial charge in [0.15, 0.2) is 0 Å². The van der Waals surface area contributed by atoms with E-state index < -0.39 is 0 Å². The van der Waals surface area contributed by atoms with E-state index in [1.54, 1.807) is 0 Å². The fourth-order valence-corrected chi connectivity index (χ4v) is 1.79. The molecule has 0 aliphatic heterocycles. The van der Waals surface area contributed by atoms with Gasteiger partial charge in [-0.25, -0.2) is 0 Å². The molecular formula is C11H25N. The predicted molar refractivity (Wildman–Crippen MR) is 56.0 cm³/mol. The Kier molecular flexibility index (Phi) is 5.56. The van der Waals surface area contributed by atoms with Crippen LogP contribution in [0.4, 0.5) is 0 Å². The third-order valence-electron chi connectivity index (χ3n) is 2.87. The number of hydrogen-bond acceptors (Lipinski definition) is 1. The second-order valence-electron chi connectivity index (χ2n) is 4.52. The molecule has 0 aromatic rings. The Hall–Kier alpha value is -0.0400. The largest absolute Gasteiger partial charge is 0.328 e. The van der Waals surface area contributed by atoms with E-state index in [-0.39, 0.29) is 0 Å². The second kappa shape index (κ2) is 5.58. The molecule has 12 heavy (non-hydrogen) atoms. The molecule has 2 N–H and O–H groups in total. The maximum absolute atomic E-state index is 5.89. The van der Waals surface area contributed by atoms with Crippen molar-refractivity contribution in [1.82, 2.24) is 0 Å². The summed E-state index contributed by atoms with van der Waals surface area (Å²) in [7, 11) is 0. The molecule has 3 atom stereocenters. The lowest BCUT2D eigenvalue weighted by atomic mass is 9.81. The van der Waals surface area contributed by atoms with Gasteiger partial charge in [0.25, 0.3) is 0 Å². The standard InChI is InChI=1S/C11H25N/c1-6-11(7-8(2)3)9(4)10(5)12/h8-11H,6-7,12H2,1-5H3. The highest BCUT2D eigenvalue weighted by Crippen LogP contribution is 2.25. The van der Waals surface area contributed by atoms with Crippen molar-refractivity contribution >= 4 is 0 Å². The molecule has 0 fully saturated rings. The van der Waals surface area contributed by atoms with Crippen LogP contribution in [0.15, 0.2) is 0 Å². The lowest BCUT2D eigenvalue weighted by Crippen LogP contribution is -2.30. The first kappa shape index (κ1) is 12.0. The predicted octanol–water partition coefficient (Wildman–Crippen LogP) is 3.04. The zero-order valence-electron chi connectivity index (χ0n) is 9.30. The maximum atomic E-state index is 5.89. The van der Waals surface area contributed by atoms with Crippen LogP contribution in [0.2, 0.25) is 0 Å². The van der Waals surface area contributed by atoms with E-state index in [0.29, 0.717) is 12.0 Å². The Morgan fingerprint density at radius 2 is 1.58 bits per heavy atom. The minimum Gasteiger partial charge on any atom is -0.328 e. The summed E-state index contributed by atoms with van der Waals surface area (Å²) in [6, 6.07) is 0.341. The van der Waals surface area contributed by atoms with Gasteiger partial charge in [-0.05, 0) is 31.1 Å². The van der Waals surface area contributed by atoms with Crippen LogP contribution in [0, 0.1) is 17.8 Å². The van der Waals surface area contributed by atoms with E-state index in [0.717, 1.165) is 11.8 Å². The summed E-state index contributed by atoms with van der Waals surface area (Å²) in [5, 5.41) is 0. The molecule has 1 nitrogen and oxygen atoms in total. The quantitative estimate of drug-likeness (QED) is 0.676. The van der Waals surface area contributed by atoms with E-state index in [2.05, 4.69) is 34.6 Å². The van der Waals surface area contributed by atoms with Crippen molar-refractivity contribution in [2.24, 2.45) is 23.5 Å². The summed E-state index contributed by atoms with van der Waals surface area (Å²) in [6.45, 7) is 11.2. The molecule has 0 radical (unpaired) electrons. The van der Waals surface area contributed by atoms with E-state index in [1.807, 2.05) is 0 Å². The first-order chi connectivity index (χ1) is 5.49. The smallest absolute Gasteiger partial charge is 0.00387 e. The molecule has 0 amide bonds. The maximum Gasteiger partial charge on any atom is 0.00387 e. The zero-order chi connectivity index (χ0) is 9.72. The third-order valence-corrected chi connectivity index (χ3v) is 2.87. The normalized spacial score (nSPS) is 19.2. The van der Waals surface area contributed by atoms with Crippen molar-refractivity contribution in [3.05, 3.63) is 0 Å². The number of hydrogen-bond donors (Lipinski definition) is 1. The molecule has 0 aromatic carbocycles. The highest BCUT2D eigenvalue weighted by Gasteiger charge is 2.19. The molecule has 0 aliphatic carbocycles. The van der Waals surface area contributed by atoms with Crippen LogP contribution >= 0.6 is 0 Å². The van der Waals surface area contributed by atoms with Crippen LogP contribution in [-0.2, 0) is 0 Å². The molecule has 0 aliphatic rings. The molecule has 0 rings (SSSR count). The summed E-state index contributed by atoms with van der Waals surface area (Å²) >= 11 is 0. The van der Waals surface area contributed by atoms with Crippen molar-refractivity contribution in [3.63, 3.8) is 0 Å². The van der Waals surface area contributed by atoms with Gasteiger partial charge >= 0.3 is 0 Å². The monoisotopic (exact) mass is 171 g/mol. The van der Waals surface area contributed by atoms with Gasteiger partial charge in [0, 0.05) is 6.04 Å². The van der Waals surface area contributed by atoms with Gasteiger partial charge in [-0.15, -0.1) is 0 Å². The molecule has 74 valence electrons. The molecule has 0 heterocycles. The lowest BCUT2D eigenvalue weighted by molar-refractivity contribution is 0.261. The minimum atomic E-state index is 0.341. The number of rotatable bonds is 5. The molecule has 0 saturated heterocycles. The van der Waals surface area contributed by atoms with E-state index in [4.69, 9.17) is 5.73 Å². The Balaban J connectivity index is 3.96. The van der Waals surface area contributed by atoms with Crippen molar-refractivity contribution in [1.29, 1.82) is 0 Å². The van der Waals surface area contributed by atoms with Crippen molar-refractivity contribution < 1.29 is 0 Å². The Labute approximate surface area is 77.7 Å². The Bertz CT molecular complexity index is 108. The highest BCUT2D eigenvalue weighted by molar-refractivity contribution is 4.73. The fraction of sp³-hybridized carbons (Fsp3) is 1.00. The van der Waals surface area contributed by atoms with Crippen LogP contribution < -0.4 is 5.73 Å². The van der Waals surface area contributed by atoms with Crippen LogP contribution in [0.1, 0.15) is 47.5 Å². The SMILES string of the molecule is CCC(CC(C)C)C(C)C(C)N. The molecule has 0 spiro atoms. The summed E-state index contributed by atoms with van der Waals surface area (Å²) in [5.74, 6) is 2.28. The molecule has 0 bridgehead atoms. The van der Waals surface area contributed by atoms with Gasteiger partial charge in [0.05, 0.1) is 0 Å². The average molecular weight is 171 g/mol. The first-order valence-electron chi connectivity index (χ1n) is 5.24. The van der Waals surface area contributed by atoms with Gasteiger partial charge in [-0.2, -0.15) is 0 Å². The van der Waals surface area contributed by atoms with Gasteiger partial charge in [-0.3, -0.25) is 0 Å². The molecule has 3 unspecified atom stereocenters. The zero-order valence-corrected chi connectivity index (χ0v) is 9.30. The Morgan fingerprint density at radius 1 is 1.08 bits per heavy atom. The fourth-order valence-electron chi connectivity index (χ4n) is 1.79. The van der Waals surface area contributed by atoms with Gasteiger partial charge in [0.2, 0.25) is 0 Å². The van der Waals surface area contributed by atoms with E-state index in [9.17, 15) is 0 Å². The summed E-state index contributed by atoms with van der Waals surface area (Å²) in [6.07, 6.45) is 2.58. The molecule has 1 heteroatoms. The summed E-state index contributed by atoms with van der Waals surface area (Å²) in [5.41, 5.74) is 5.89. The summed E-state index contributed by atoms with van der Waals surface area (Å²) in [4.78, 5) is 0. The van der Waals surface area contributed by atoms with Gasteiger partial charge in [-0.1, -0.05) is 34.1 Å². The first-order valence-corrected chi connectivity index (χ1v) is 5.24. The van der Waals surface area contributed by atoms with Crippen molar-refractivity contribution in [3.8, 4) is 0 Å². The van der Waals surface area contributed by atoms with Crippen LogP contribution in [0.25, 0.3) is 0 Å². The van der Waals surface area contributed by atoms with Crippen LogP contribution in [-0.4, -0.2) is 6.04 Å². The Morgan fingerprint density at radius 3 is 1.83 bits per heavy atom. The summed E-state index contributed by atoms with van der Waals surface area (Å²) < 4.78 is 0. The molecule has 0 saturated carbocycles. The third kappa shape index (κ3) is 4.10. The van der Waals surface area contributed by atoms with Gasteiger partial charge < -0.3 is 5.73 Å². The van der Waals surface area contributed by atoms with Crippen molar-refractivity contribution in [2.75, 3.05) is 0 Å². The van der Waals surface area contributed by atoms with E-state index in [1.165, 1.54) is 12.8 Å². The van der Waals surface area contributed by atoms with Crippen LogP contribution in [0.5, 0.6) is 0 Å². The van der Waals surface area contributed by atoms with E-state index >= 15 is 0 Å². The van der Waals surface area contributed by atoms with Gasteiger partial charge in [0.1, 0.15) is 0 Å². The average Bonchev–Trinajstić information content (AvgIpc) is 1.98. The van der Waals surface area contributed by atoms with Crippen LogP contribution in [0.3, 0.4) is 0 Å².